The van der Waals surface area contributed by atoms with Crippen molar-refractivity contribution < 1.29 is 19.4 Å². The number of carboxylic acids is 1. The molecule has 0 unspecified atom stereocenters. The Morgan fingerprint density at radius 3 is 2.06 bits per heavy atom. The summed E-state index contributed by atoms with van der Waals surface area (Å²) in [4.78, 5) is 13.5. The first kappa shape index (κ1) is 25.3. The van der Waals surface area contributed by atoms with Crippen LogP contribution in [0.2, 0.25) is 0 Å². The van der Waals surface area contributed by atoms with Gasteiger partial charge in [0, 0.05) is 50.2 Å². The van der Waals surface area contributed by atoms with Gasteiger partial charge in [-0.1, -0.05) is 36.3 Å². The molecule has 1 aliphatic heterocycles. The van der Waals surface area contributed by atoms with Gasteiger partial charge in [0.1, 0.15) is 10.0 Å². The summed E-state index contributed by atoms with van der Waals surface area (Å²) in [5, 5.41) is 19.3. The van der Waals surface area contributed by atoms with E-state index in [1.54, 1.807) is 31.4 Å². The second-order valence-corrected chi connectivity index (χ2v) is 9.78. The van der Waals surface area contributed by atoms with E-state index in [1.165, 1.54) is 29.9 Å². The maximum absolute atomic E-state index is 11.0. The van der Waals surface area contributed by atoms with E-state index in [2.05, 4.69) is 39.4 Å². The Morgan fingerprint density at radius 2 is 1.49 bits per heavy atom. The Bertz CT molecular complexity index is 1060. The summed E-state index contributed by atoms with van der Waals surface area (Å²) in [6.07, 6.45) is 7.18. The molecular weight excluding hydrogens is 462 g/mol. The van der Waals surface area contributed by atoms with Crippen molar-refractivity contribution in [3.05, 3.63) is 54.1 Å². The number of hydrogen-bond donors (Lipinski definition) is 1. The quantitative estimate of drug-likeness (QED) is 0.320. The van der Waals surface area contributed by atoms with E-state index in [0.717, 1.165) is 73.1 Å². The zero-order valence-corrected chi connectivity index (χ0v) is 21.0. The molecule has 1 aliphatic rings. The maximum atomic E-state index is 11.0. The molecule has 4 rings (SSSR count). The van der Waals surface area contributed by atoms with Crippen molar-refractivity contribution in [1.29, 1.82) is 0 Å². The van der Waals surface area contributed by atoms with Gasteiger partial charge < -0.3 is 19.5 Å². The number of methoxy groups -OCH3 is 1. The average Bonchev–Trinajstić information content (AvgIpc) is 3.39. The lowest BCUT2D eigenvalue weighted by atomic mass is 10.1. The van der Waals surface area contributed by atoms with Crippen LogP contribution in [0.3, 0.4) is 0 Å². The third-order valence-corrected chi connectivity index (χ3v) is 7.34. The van der Waals surface area contributed by atoms with Crippen molar-refractivity contribution in [2.24, 2.45) is 0 Å². The van der Waals surface area contributed by atoms with Gasteiger partial charge in [0.2, 0.25) is 0 Å². The Kier molecular flexibility index (Phi) is 9.22. The van der Waals surface area contributed by atoms with E-state index in [9.17, 15) is 4.79 Å². The number of nitrogens with zero attached hydrogens (tertiary/aromatic N) is 3. The number of unbranched alkanes of at least 4 members (excludes halogenated alkanes) is 3. The number of rotatable bonds is 12. The van der Waals surface area contributed by atoms with Crippen molar-refractivity contribution in [3.63, 3.8) is 0 Å². The van der Waals surface area contributed by atoms with Crippen LogP contribution in [0.1, 0.15) is 48.9 Å². The number of benzene rings is 2. The highest BCUT2D eigenvalue weighted by atomic mass is 32.1. The van der Waals surface area contributed by atoms with E-state index in [0.29, 0.717) is 6.10 Å². The van der Waals surface area contributed by atoms with Gasteiger partial charge in [-0.25, -0.2) is 4.79 Å². The Labute approximate surface area is 210 Å². The summed E-state index contributed by atoms with van der Waals surface area (Å²) in [5.41, 5.74) is 3.38. The summed E-state index contributed by atoms with van der Waals surface area (Å²) < 4.78 is 11.2. The van der Waals surface area contributed by atoms with Crippen LogP contribution in [0.5, 0.6) is 0 Å². The fraction of sp³-hybridized carbons (Fsp3) is 0.444. The van der Waals surface area contributed by atoms with Gasteiger partial charge in [0.15, 0.2) is 0 Å². The van der Waals surface area contributed by atoms with Crippen LogP contribution in [0, 0.1) is 0 Å². The minimum absolute atomic E-state index is 0.262. The molecule has 2 aromatic carbocycles. The highest BCUT2D eigenvalue weighted by Crippen LogP contribution is 2.31. The molecule has 0 spiro atoms. The fourth-order valence-corrected chi connectivity index (χ4v) is 5.11. The van der Waals surface area contributed by atoms with Gasteiger partial charge in [-0.2, -0.15) is 0 Å². The molecular formula is C27H33N3O4S. The van der Waals surface area contributed by atoms with E-state index in [4.69, 9.17) is 14.6 Å². The van der Waals surface area contributed by atoms with Crippen molar-refractivity contribution in [2.45, 2.75) is 44.6 Å². The van der Waals surface area contributed by atoms with Gasteiger partial charge in [0.05, 0.1) is 11.7 Å². The van der Waals surface area contributed by atoms with Crippen LogP contribution < -0.4 is 4.90 Å². The predicted molar refractivity (Wildman–Crippen MR) is 139 cm³/mol. The van der Waals surface area contributed by atoms with E-state index < -0.39 is 5.97 Å². The molecule has 1 N–H and O–H groups in total. The lowest BCUT2D eigenvalue weighted by Gasteiger charge is -2.33. The zero-order chi connectivity index (χ0) is 24.5. The van der Waals surface area contributed by atoms with Crippen LogP contribution in [-0.2, 0) is 9.47 Å². The van der Waals surface area contributed by atoms with Crippen molar-refractivity contribution in [1.82, 2.24) is 10.2 Å². The number of ether oxygens (including phenoxy) is 2. The van der Waals surface area contributed by atoms with Gasteiger partial charge >= 0.3 is 5.97 Å². The number of aromatic nitrogens is 2. The van der Waals surface area contributed by atoms with Gasteiger partial charge in [0.25, 0.3) is 0 Å². The summed E-state index contributed by atoms with van der Waals surface area (Å²) in [7, 11) is 1.76. The van der Waals surface area contributed by atoms with E-state index in [1.807, 2.05) is 0 Å². The minimum Gasteiger partial charge on any atom is -0.478 e. The number of piperidine rings is 1. The second kappa shape index (κ2) is 12.8. The van der Waals surface area contributed by atoms with Crippen LogP contribution in [0.15, 0.2) is 48.5 Å². The number of aromatic carboxylic acids is 1. The molecule has 1 fully saturated rings. The first-order chi connectivity index (χ1) is 17.1. The second-order valence-electron chi connectivity index (χ2n) is 8.81. The van der Waals surface area contributed by atoms with Crippen LogP contribution in [0.25, 0.3) is 21.1 Å². The average molecular weight is 496 g/mol. The first-order valence-corrected chi connectivity index (χ1v) is 13.1. The molecule has 1 saturated heterocycles. The molecule has 186 valence electrons. The number of anilines is 1. The zero-order valence-electron chi connectivity index (χ0n) is 20.2. The maximum Gasteiger partial charge on any atom is 0.335 e. The molecule has 0 amide bonds. The Hall–Kier alpha value is -2.81. The minimum atomic E-state index is -0.934. The van der Waals surface area contributed by atoms with Gasteiger partial charge in [-0.15, -0.1) is 10.2 Å². The highest BCUT2D eigenvalue weighted by molar-refractivity contribution is 7.17. The van der Waals surface area contributed by atoms with Crippen molar-refractivity contribution >= 4 is 23.0 Å². The fourth-order valence-electron chi connectivity index (χ4n) is 4.26. The molecule has 8 heteroatoms. The van der Waals surface area contributed by atoms with Gasteiger partial charge in [-0.05, 0) is 62.1 Å². The molecule has 0 saturated carbocycles. The standard InChI is InChI=1S/C27H33N3O4S/c1-33-18-4-2-3-5-19-34-24-14-16-30(17-15-24)23-12-10-21(11-13-23)26-29-28-25(35-26)20-6-8-22(9-7-20)27(31)32/h6-13,24H,2-5,14-19H2,1H3,(H,31,32). The lowest BCUT2D eigenvalue weighted by molar-refractivity contribution is 0.0345. The third kappa shape index (κ3) is 7.10. The molecule has 1 aromatic heterocycles. The SMILES string of the molecule is COCCCCCCOC1CCN(c2ccc(-c3nnc(-c4ccc(C(=O)O)cc4)s3)cc2)CC1. The molecule has 0 radical (unpaired) electrons. The monoisotopic (exact) mass is 495 g/mol. The first-order valence-electron chi connectivity index (χ1n) is 12.3. The van der Waals surface area contributed by atoms with Crippen LogP contribution in [-0.4, -0.2) is 60.8 Å². The smallest absolute Gasteiger partial charge is 0.335 e. The number of carboxylic acid groups (broad SMARTS) is 1. The topological polar surface area (TPSA) is 84.8 Å². The predicted octanol–water partition coefficient (Wildman–Crippen LogP) is 5.76. The molecule has 0 atom stereocenters. The van der Waals surface area contributed by atoms with Crippen molar-refractivity contribution in [3.8, 4) is 21.1 Å². The normalized spacial score (nSPS) is 14.4. The summed E-state index contributed by atoms with van der Waals surface area (Å²) in [6, 6.07) is 15.2. The number of hydrogen-bond acceptors (Lipinski definition) is 7. The van der Waals surface area contributed by atoms with E-state index in [-0.39, 0.29) is 5.56 Å². The third-order valence-electron chi connectivity index (χ3n) is 6.32. The lowest BCUT2D eigenvalue weighted by Crippen LogP contribution is -2.37. The van der Waals surface area contributed by atoms with Gasteiger partial charge in [-0.3, -0.25) is 0 Å². The summed E-state index contributed by atoms with van der Waals surface area (Å²) >= 11 is 1.50. The number of carbonyl (C=O) groups is 1. The molecule has 0 bridgehead atoms. The van der Waals surface area contributed by atoms with Crippen LogP contribution in [0.4, 0.5) is 5.69 Å². The molecule has 3 aromatic rings. The Morgan fingerprint density at radius 1 is 0.914 bits per heavy atom. The largest absolute Gasteiger partial charge is 0.478 e. The summed E-state index contributed by atoms with van der Waals surface area (Å²) in [5.74, 6) is -0.934. The highest BCUT2D eigenvalue weighted by Gasteiger charge is 2.20. The molecule has 35 heavy (non-hydrogen) atoms. The van der Waals surface area contributed by atoms with Crippen molar-refractivity contribution in [2.75, 3.05) is 38.3 Å². The molecule has 7 nitrogen and oxygen atoms in total. The van der Waals surface area contributed by atoms with E-state index >= 15 is 0 Å². The van der Waals surface area contributed by atoms with Crippen LogP contribution >= 0.6 is 11.3 Å². The Balaban J connectivity index is 1.24. The summed E-state index contributed by atoms with van der Waals surface area (Å²) in [6.45, 7) is 3.73. The molecule has 2 heterocycles. The molecule has 0 aliphatic carbocycles.